The Labute approximate surface area is 355 Å². The van der Waals surface area contributed by atoms with Gasteiger partial charge in [0.2, 0.25) is 21.8 Å². The molecule has 8 rings (SSSR count). The van der Waals surface area contributed by atoms with Gasteiger partial charge in [-0.1, -0.05) is 51.4 Å². The largest absolute Gasteiger partial charge is 0.487 e. The van der Waals surface area contributed by atoms with Gasteiger partial charge in [0.05, 0.1) is 58.2 Å². The normalized spacial score (nSPS) is 27.3. The molecular weight excluding hydrogens is 812 g/mol. The summed E-state index contributed by atoms with van der Waals surface area (Å²) < 4.78 is 40.4. The van der Waals surface area contributed by atoms with Crippen molar-refractivity contribution >= 4 is 61.5 Å². The summed E-state index contributed by atoms with van der Waals surface area (Å²) in [5.41, 5.74) is 1.94. The molecule has 2 saturated carbocycles. The van der Waals surface area contributed by atoms with Crippen LogP contribution < -0.4 is 14.8 Å². The average Bonchev–Trinajstić information content (AvgIpc) is 4.10. The molecule has 0 bridgehead atoms. The number of hydrogen-bond donors (Lipinski definition) is 2. The molecular formula is C43H55ClN6O7S2. The third-order valence-corrected chi connectivity index (χ3v) is 16.0. The second-order valence-electron chi connectivity index (χ2n) is 17.6. The number of hydrogen-bond acceptors (Lipinski definition) is 12. The molecule has 3 aromatic rings. The fraction of sp³-hybridized carbons (Fsp3) is 0.605. The zero-order chi connectivity index (χ0) is 41.8. The minimum atomic E-state index is -3.83. The molecule has 0 unspecified atom stereocenters. The van der Waals surface area contributed by atoms with E-state index < -0.39 is 50.8 Å². The monoisotopic (exact) mass is 866 g/mol. The van der Waals surface area contributed by atoms with E-state index in [0.717, 1.165) is 62.0 Å². The van der Waals surface area contributed by atoms with Crippen LogP contribution in [0, 0.1) is 17.3 Å². The van der Waals surface area contributed by atoms with Crippen LogP contribution in [0.1, 0.15) is 83.4 Å². The Morgan fingerprint density at radius 2 is 1.95 bits per heavy atom. The van der Waals surface area contributed by atoms with Gasteiger partial charge in [0, 0.05) is 49.3 Å². The zero-order valence-corrected chi connectivity index (χ0v) is 36.6. The number of allylic oxidation sites excluding steroid dienone is 1. The maximum absolute atomic E-state index is 14.6. The van der Waals surface area contributed by atoms with Crippen LogP contribution in [0.3, 0.4) is 0 Å². The molecule has 2 N–H and O–H groups in total. The number of ether oxygens (including phenoxy) is 2. The van der Waals surface area contributed by atoms with Crippen molar-refractivity contribution in [3.63, 3.8) is 0 Å². The predicted octanol–water partition coefficient (Wildman–Crippen LogP) is 5.50. The molecule has 59 heavy (non-hydrogen) atoms. The second-order valence-corrected chi connectivity index (χ2v) is 20.8. The summed E-state index contributed by atoms with van der Waals surface area (Å²) in [5, 5.41) is 6.88. The van der Waals surface area contributed by atoms with E-state index in [2.05, 4.69) is 35.4 Å². The molecule has 3 aliphatic heterocycles. The van der Waals surface area contributed by atoms with Crippen molar-refractivity contribution in [2.24, 2.45) is 17.3 Å². The summed E-state index contributed by atoms with van der Waals surface area (Å²) in [6.07, 6.45) is 4.02. The Morgan fingerprint density at radius 3 is 2.61 bits per heavy atom. The van der Waals surface area contributed by atoms with E-state index in [9.17, 15) is 22.8 Å². The summed E-state index contributed by atoms with van der Waals surface area (Å²) in [4.78, 5) is 56.6. The number of aryl methyl sites for hydroxylation is 1. The number of nitrogens with one attached hydrogen (secondary N) is 2. The van der Waals surface area contributed by atoms with Gasteiger partial charge in [-0.05, 0) is 68.0 Å². The Hall–Kier alpha value is -3.47. The van der Waals surface area contributed by atoms with Crippen molar-refractivity contribution in [2.45, 2.75) is 108 Å². The number of sulfonamides is 1. The van der Waals surface area contributed by atoms with Crippen molar-refractivity contribution in [1.29, 1.82) is 0 Å². The number of nitrogens with zero attached hydrogens (tertiary/aromatic N) is 4. The molecule has 16 heteroatoms. The van der Waals surface area contributed by atoms with Crippen LogP contribution in [0.15, 0.2) is 36.2 Å². The molecule has 2 aliphatic carbocycles. The number of morpholine rings is 1. The highest BCUT2D eigenvalue weighted by Gasteiger charge is 2.62. The minimum absolute atomic E-state index is 0.0385. The number of benzene rings is 1. The van der Waals surface area contributed by atoms with Crippen LogP contribution in [-0.2, 0) is 35.6 Å². The van der Waals surface area contributed by atoms with Crippen LogP contribution in [0.4, 0.5) is 0 Å². The molecule has 5 aliphatic rings. The number of fused-ring (bicyclic) bond motifs is 2. The highest BCUT2D eigenvalue weighted by Crippen LogP contribution is 2.57. The number of aromatic nitrogens is 2. The number of pyridine rings is 1. The van der Waals surface area contributed by atoms with Crippen LogP contribution in [0.2, 0.25) is 5.02 Å². The number of carbonyl (C=O) groups excluding carboxylic acids is 3. The molecule has 5 heterocycles. The maximum atomic E-state index is 14.6. The van der Waals surface area contributed by atoms with Crippen molar-refractivity contribution in [1.82, 2.24) is 29.8 Å². The van der Waals surface area contributed by atoms with Crippen LogP contribution >= 0.6 is 22.9 Å². The van der Waals surface area contributed by atoms with Crippen LogP contribution in [-0.4, -0.2) is 115 Å². The van der Waals surface area contributed by atoms with E-state index in [4.69, 9.17) is 31.0 Å². The maximum Gasteiger partial charge on any atom is 0.241 e. The van der Waals surface area contributed by atoms with Gasteiger partial charge in [-0.3, -0.25) is 24.0 Å². The molecule has 0 radical (unpaired) electrons. The van der Waals surface area contributed by atoms with Gasteiger partial charge >= 0.3 is 0 Å². The van der Waals surface area contributed by atoms with E-state index in [1.54, 1.807) is 11.0 Å². The lowest BCUT2D eigenvalue weighted by Crippen LogP contribution is -2.64. The first-order valence-electron chi connectivity index (χ1n) is 21.0. The van der Waals surface area contributed by atoms with E-state index in [1.165, 1.54) is 11.3 Å². The lowest BCUT2D eigenvalue weighted by Gasteiger charge is -2.40. The lowest BCUT2D eigenvalue weighted by atomic mass is 9.91. The number of rotatable bonds is 16. The van der Waals surface area contributed by atoms with Gasteiger partial charge in [-0.15, -0.1) is 17.9 Å². The molecule has 13 nitrogen and oxygen atoms in total. The first-order chi connectivity index (χ1) is 28.2. The molecule has 0 spiro atoms. The zero-order valence-electron chi connectivity index (χ0n) is 34.2. The van der Waals surface area contributed by atoms with Crippen LogP contribution in [0.5, 0.6) is 5.75 Å². The van der Waals surface area contributed by atoms with Gasteiger partial charge in [-0.25, -0.2) is 18.4 Å². The molecule has 2 aromatic heterocycles. The Balaban J connectivity index is 1.11. The predicted molar refractivity (Wildman–Crippen MR) is 228 cm³/mol. The lowest BCUT2D eigenvalue weighted by molar-refractivity contribution is -0.146. The third kappa shape index (κ3) is 8.44. The summed E-state index contributed by atoms with van der Waals surface area (Å²) in [5.74, 6) is -0.801. The van der Waals surface area contributed by atoms with E-state index in [1.807, 2.05) is 37.4 Å². The highest BCUT2D eigenvalue weighted by molar-refractivity contribution is 7.90. The standard InChI is InChI=1S/C43H55ClN6O7S2/c1-6-27-20-43(27,42(53)48-59(54,55)28-10-11-28)21-34(51)32-19-36(33-22-45-38(25(4)5)41(52)50(32)33)57-35-18-30(40-47-31(23-58-40)24(2)3)46-39-29(35)12-9-26(37(39)44)8-7-13-49-14-16-56-17-15-49/h6,9,12,18,23-25,27-28,32-33,36,38,45H,1,7-8,10-11,13-17,19-22H2,2-5H3,(H,48,53)/t27-,32+,33-,36-,38-,43-/m1/s1. The molecule has 1 aromatic carbocycles. The van der Waals surface area contributed by atoms with Crippen molar-refractivity contribution in [3.8, 4) is 16.5 Å². The van der Waals surface area contributed by atoms with Gasteiger partial charge < -0.3 is 19.7 Å². The number of halogens is 1. The van der Waals surface area contributed by atoms with Crippen LogP contribution in [0.25, 0.3) is 21.6 Å². The van der Waals surface area contributed by atoms with Crippen molar-refractivity contribution in [2.75, 3.05) is 39.4 Å². The Bertz CT molecular complexity index is 2240. The van der Waals surface area contributed by atoms with E-state index in [-0.39, 0.29) is 42.3 Å². The van der Waals surface area contributed by atoms with Gasteiger partial charge in [0.15, 0.2) is 5.78 Å². The smallest absolute Gasteiger partial charge is 0.241 e. The number of piperazine rings is 1. The topological polar surface area (TPSA) is 160 Å². The van der Waals surface area contributed by atoms with Gasteiger partial charge in [0.25, 0.3) is 0 Å². The number of amides is 2. The first kappa shape index (κ1) is 42.2. The average molecular weight is 868 g/mol. The molecule has 6 atom stereocenters. The number of thiazole rings is 1. The second kappa shape index (κ2) is 16.8. The number of Topliss-reactive ketones (excluding diaryl/α,β-unsaturated/α-hetero) is 1. The highest BCUT2D eigenvalue weighted by atomic mass is 35.5. The molecule has 2 amide bonds. The van der Waals surface area contributed by atoms with Crippen molar-refractivity contribution in [3.05, 3.63) is 52.5 Å². The van der Waals surface area contributed by atoms with Gasteiger partial charge in [-0.2, -0.15) is 0 Å². The summed E-state index contributed by atoms with van der Waals surface area (Å²) in [7, 11) is -3.83. The quantitative estimate of drug-likeness (QED) is 0.175. The molecule has 5 fully saturated rings. The summed E-state index contributed by atoms with van der Waals surface area (Å²) in [6.45, 7) is 16.7. The molecule has 3 saturated heterocycles. The Morgan fingerprint density at radius 1 is 1.19 bits per heavy atom. The number of carbonyl (C=O) groups is 3. The SMILES string of the molecule is C=C[C@@H]1C[C@]1(CC(=O)[C@@H]1C[C@@H](Oc2cc(-c3nc(C(C)C)cs3)nc3c(Cl)c(CCCN4CCOCC4)ccc23)[C@H]2CN[C@H](C(C)C)C(=O)N21)C(=O)NS(=O)(=O)C1CC1. The van der Waals surface area contributed by atoms with Gasteiger partial charge in [0.1, 0.15) is 22.6 Å². The number of ketones is 1. The summed E-state index contributed by atoms with van der Waals surface area (Å²) >= 11 is 8.74. The fourth-order valence-electron chi connectivity index (χ4n) is 9.00. The van der Waals surface area contributed by atoms with E-state index in [0.29, 0.717) is 53.2 Å². The van der Waals surface area contributed by atoms with E-state index >= 15 is 0 Å². The Kier molecular flexibility index (Phi) is 12.0. The summed E-state index contributed by atoms with van der Waals surface area (Å²) in [6, 6.07) is 4.04. The minimum Gasteiger partial charge on any atom is -0.487 e. The fourth-order valence-corrected chi connectivity index (χ4v) is 11.6. The molecule has 318 valence electrons. The first-order valence-corrected chi connectivity index (χ1v) is 23.8. The third-order valence-electron chi connectivity index (χ3n) is 12.8. The van der Waals surface area contributed by atoms with Crippen molar-refractivity contribution < 1.29 is 32.3 Å².